The number of benzene rings is 1. The van der Waals surface area contributed by atoms with Crippen LogP contribution in [0.3, 0.4) is 0 Å². The van der Waals surface area contributed by atoms with Gasteiger partial charge in [-0.05, 0) is 30.9 Å². The summed E-state index contributed by atoms with van der Waals surface area (Å²) in [4.78, 5) is 0. The number of phenolic OH excluding ortho intramolecular Hbond substituents is 1. The molecule has 82 valence electrons. The van der Waals surface area contributed by atoms with Gasteiger partial charge in [0, 0.05) is 6.07 Å². The fourth-order valence-electron chi connectivity index (χ4n) is 1.39. The molecule has 0 atom stereocenters. The molecular formula is C10H13NO3S. The van der Waals surface area contributed by atoms with E-state index in [-0.39, 0.29) is 11.5 Å². The lowest BCUT2D eigenvalue weighted by atomic mass is 10.3. The number of nitrogens with one attached hydrogen (secondary N) is 1. The molecule has 4 nitrogen and oxygen atoms in total. The summed E-state index contributed by atoms with van der Waals surface area (Å²) in [5, 5.41) is 9.17. The molecule has 0 radical (unpaired) electrons. The highest BCUT2D eigenvalue weighted by Crippen LogP contribution is 2.30. The highest BCUT2D eigenvalue weighted by molar-refractivity contribution is 7.92. The third-order valence-corrected chi connectivity index (χ3v) is 3.73. The molecule has 1 aromatic carbocycles. The molecule has 1 fully saturated rings. The maximum atomic E-state index is 11.6. The Morgan fingerprint density at radius 2 is 2.13 bits per heavy atom. The Labute approximate surface area is 89.0 Å². The number of hydrogen-bond acceptors (Lipinski definition) is 3. The van der Waals surface area contributed by atoms with Gasteiger partial charge in [-0.3, -0.25) is 4.72 Å². The summed E-state index contributed by atoms with van der Waals surface area (Å²) < 4.78 is 25.6. The minimum absolute atomic E-state index is 0.0571. The average molecular weight is 227 g/mol. The summed E-state index contributed by atoms with van der Waals surface area (Å²) >= 11 is 0. The van der Waals surface area contributed by atoms with Crippen molar-refractivity contribution in [3.63, 3.8) is 0 Å². The molecule has 0 bridgehead atoms. The summed E-state index contributed by atoms with van der Waals surface area (Å²) in [6, 6.07) is 6.11. The van der Waals surface area contributed by atoms with Crippen LogP contribution >= 0.6 is 0 Å². The number of aromatic hydroxyl groups is 1. The molecule has 15 heavy (non-hydrogen) atoms. The van der Waals surface area contributed by atoms with Crippen LogP contribution in [-0.2, 0) is 10.0 Å². The van der Waals surface area contributed by atoms with E-state index >= 15 is 0 Å². The van der Waals surface area contributed by atoms with Gasteiger partial charge in [0.25, 0.3) is 0 Å². The first-order valence-corrected chi connectivity index (χ1v) is 6.50. The molecule has 0 aliphatic heterocycles. The van der Waals surface area contributed by atoms with Crippen LogP contribution in [0.1, 0.15) is 12.8 Å². The van der Waals surface area contributed by atoms with Crippen LogP contribution in [0.2, 0.25) is 0 Å². The van der Waals surface area contributed by atoms with Crippen molar-refractivity contribution in [3.8, 4) is 5.75 Å². The minimum atomic E-state index is -3.25. The summed E-state index contributed by atoms with van der Waals surface area (Å²) in [6.45, 7) is 0. The second kappa shape index (κ2) is 3.73. The summed E-state index contributed by atoms with van der Waals surface area (Å²) in [7, 11) is -3.25. The molecule has 1 aromatic rings. The van der Waals surface area contributed by atoms with E-state index in [0.29, 0.717) is 11.6 Å². The quantitative estimate of drug-likeness (QED) is 0.820. The topological polar surface area (TPSA) is 66.4 Å². The second-order valence-corrected chi connectivity index (χ2v) is 5.64. The first kappa shape index (κ1) is 10.3. The van der Waals surface area contributed by atoms with Crippen LogP contribution in [0, 0.1) is 5.92 Å². The number of hydrogen-bond donors (Lipinski definition) is 2. The highest BCUT2D eigenvalue weighted by atomic mass is 32.2. The lowest BCUT2D eigenvalue weighted by molar-refractivity contribution is 0.475. The average Bonchev–Trinajstić information content (AvgIpc) is 2.86. The molecule has 0 spiro atoms. The van der Waals surface area contributed by atoms with Gasteiger partial charge in [-0.1, -0.05) is 6.07 Å². The van der Waals surface area contributed by atoms with Crippen LogP contribution in [0.4, 0.5) is 5.69 Å². The second-order valence-electron chi connectivity index (χ2n) is 3.88. The van der Waals surface area contributed by atoms with Crippen LogP contribution in [0.15, 0.2) is 24.3 Å². The van der Waals surface area contributed by atoms with E-state index in [2.05, 4.69) is 4.72 Å². The zero-order valence-corrected chi connectivity index (χ0v) is 9.00. The summed E-state index contributed by atoms with van der Waals surface area (Å²) in [5.74, 6) is 0.560. The Hall–Kier alpha value is -1.23. The van der Waals surface area contributed by atoms with Crippen molar-refractivity contribution >= 4 is 15.7 Å². The number of rotatable bonds is 4. The van der Waals surface area contributed by atoms with E-state index in [1.54, 1.807) is 12.1 Å². The number of anilines is 1. The molecule has 1 aliphatic carbocycles. The Morgan fingerprint density at radius 3 is 2.73 bits per heavy atom. The molecule has 2 N–H and O–H groups in total. The van der Waals surface area contributed by atoms with Crippen molar-refractivity contribution in [2.24, 2.45) is 5.92 Å². The number of sulfonamides is 1. The fraction of sp³-hybridized carbons (Fsp3) is 0.400. The van der Waals surface area contributed by atoms with Crippen LogP contribution in [0.25, 0.3) is 0 Å². The summed E-state index contributed by atoms with van der Waals surface area (Å²) in [5.41, 5.74) is 0.413. The van der Waals surface area contributed by atoms with E-state index < -0.39 is 10.0 Å². The minimum Gasteiger partial charge on any atom is -0.508 e. The molecule has 0 heterocycles. The molecule has 0 unspecified atom stereocenters. The van der Waals surface area contributed by atoms with Crippen molar-refractivity contribution in [1.29, 1.82) is 0 Å². The van der Waals surface area contributed by atoms with Gasteiger partial charge in [0.15, 0.2) is 0 Å². The van der Waals surface area contributed by atoms with Crippen molar-refractivity contribution in [2.45, 2.75) is 12.8 Å². The first-order chi connectivity index (χ1) is 7.05. The standard InChI is InChI=1S/C10H13NO3S/c12-10-3-1-2-9(6-10)11-15(13,14)7-8-4-5-8/h1-3,6,8,11-12H,4-5,7H2. The van der Waals surface area contributed by atoms with Gasteiger partial charge in [-0.2, -0.15) is 0 Å². The van der Waals surface area contributed by atoms with E-state index in [4.69, 9.17) is 5.11 Å². The maximum Gasteiger partial charge on any atom is 0.232 e. The lowest BCUT2D eigenvalue weighted by Crippen LogP contribution is -2.17. The van der Waals surface area contributed by atoms with Gasteiger partial charge < -0.3 is 5.11 Å². The predicted molar refractivity (Wildman–Crippen MR) is 58.2 cm³/mol. The van der Waals surface area contributed by atoms with Crippen molar-refractivity contribution in [2.75, 3.05) is 10.5 Å². The van der Waals surface area contributed by atoms with Gasteiger partial charge in [0.05, 0.1) is 11.4 Å². The molecule has 0 aromatic heterocycles. The molecule has 5 heteroatoms. The fourth-order valence-corrected chi connectivity index (χ4v) is 2.91. The van der Waals surface area contributed by atoms with Gasteiger partial charge in [-0.15, -0.1) is 0 Å². The van der Waals surface area contributed by atoms with E-state index in [9.17, 15) is 8.42 Å². The largest absolute Gasteiger partial charge is 0.508 e. The lowest BCUT2D eigenvalue weighted by Gasteiger charge is -2.07. The molecule has 0 amide bonds. The molecule has 1 saturated carbocycles. The van der Waals surface area contributed by atoms with Crippen LogP contribution in [0.5, 0.6) is 5.75 Å². The first-order valence-electron chi connectivity index (χ1n) is 4.85. The zero-order valence-electron chi connectivity index (χ0n) is 8.18. The van der Waals surface area contributed by atoms with Crippen LogP contribution in [-0.4, -0.2) is 19.3 Å². The third-order valence-electron chi connectivity index (χ3n) is 2.27. The highest BCUT2D eigenvalue weighted by Gasteiger charge is 2.27. The molecule has 2 rings (SSSR count). The van der Waals surface area contributed by atoms with Crippen molar-refractivity contribution in [3.05, 3.63) is 24.3 Å². The van der Waals surface area contributed by atoms with Gasteiger partial charge in [-0.25, -0.2) is 8.42 Å². The van der Waals surface area contributed by atoms with E-state index in [1.807, 2.05) is 0 Å². The molecular weight excluding hydrogens is 214 g/mol. The van der Waals surface area contributed by atoms with E-state index in [1.165, 1.54) is 12.1 Å². The van der Waals surface area contributed by atoms with Gasteiger partial charge >= 0.3 is 0 Å². The monoisotopic (exact) mass is 227 g/mol. The molecule has 0 saturated heterocycles. The Kier molecular flexibility index (Phi) is 2.56. The predicted octanol–water partition coefficient (Wildman–Crippen LogP) is 1.54. The maximum absolute atomic E-state index is 11.6. The Balaban J connectivity index is 2.06. The Morgan fingerprint density at radius 1 is 1.40 bits per heavy atom. The zero-order chi connectivity index (χ0) is 10.9. The van der Waals surface area contributed by atoms with Crippen molar-refractivity contribution < 1.29 is 13.5 Å². The Bertz CT molecular complexity index is 451. The van der Waals surface area contributed by atoms with Gasteiger partial charge in [0.1, 0.15) is 5.75 Å². The van der Waals surface area contributed by atoms with Crippen LogP contribution < -0.4 is 4.72 Å². The SMILES string of the molecule is O=S(=O)(CC1CC1)Nc1cccc(O)c1. The van der Waals surface area contributed by atoms with Crippen molar-refractivity contribution in [1.82, 2.24) is 0 Å². The van der Waals surface area contributed by atoms with E-state index in [0.717, 1.165) is 12.8 Å². The smallest absolute Gasteiger partial charge is 0.232 e. The number of phenols is 1. The normalized spacial score (nSPS) is 16.3. The third kappa shape index (κ3) is 3.13. The summed E-state index contributed by atoms with van der Waals surface area (Å²) in [6.07, 6.45) is 2.00. The molecule has 1 aliphatic rings. The van der Waals surface area contributed by atoms with Gasteiger partial charge in [0.2, 0.25) is 10.0 Å².